The summed E-state index contributed by atoms with van der Waals surface area (Å²) in [6.07, 6.45) is 0. The minimum atomic E-state index is -0.454. The zero-order chi connectivity index (χ0) is 19.6. The van der Waals surface area contributed by atoms with Gasteiger partial charge in [-0.05, 0) is 37.3 Å². The summed E-state index contributed by atoms with van der Waals surface area (Å²) >= 11 is 17.1. The summed E-state index contributed by atoms with van der Waals surface area (Å²) in [7, 11) is 0. The van der Waals surface area contributed by atoms with Crippen molar-refractivity contribution >= 4 is 72.6 Å². The van der Waals surface area contributed by atoms with Gasteiger partial charge in [0.2, 0.25) is 0 Å². The second kappa shape index (κ2) is 8.56. The third-order valence-electron chi connectivity index (χ3n) is 3.60. The minimum Gasteiger partial charge on any atom is -0.465 e. The number of aromatic nitrogens is 1. The number of ether oxygens (including phenoxy) is 1. The quantitative estimate of drug-likeness (QED) is 0.482. The fourth-order valence-electron chi connectivity index (χ4n) is 2.44. The van der Waals surface area contributed by atoms with Crippen molar-refractivity contribution < 1.29 is 14.3 Å². The summed E-state index contributed by atoms with van der Waals surface area (Å²) in [4.78, 5) is 29.2. The van der Waals surface area contributed by atoms with Crippen LogP contribution in [0.1, 0.15) is 17.3 Å². The van der Waals surface area contributed by atoms with E-state index < -0.39 is 11.9 Å². The number of hydrogen-bond acceptors (Lipinski definition) is 4. The maximum absolute atomic E-state index is 12.6. The number of carbonyl (C=O) groups is 2. The number of hydrogen-bond donors (Lipinski definition) is 0. The molecule has 140 valence electrons. The summed E-state index contributed by atoms with van der Waals surface area (Å²) in [5.41, 5.74) is 0.969. The van der Waals surface area contributed by atoms with Crippen molar-refractivity contribution in [2.75, 3.05) is 6.61 Å². The van der Waals surface area contributed by atoms with E-state index in [0.29, 0.717) is 25.9 Å². The summed E-state index contributed by atoms with van der Waals surface area (Å²) in [6, 6.07) is 10.4. The van der Waals surface area contributed by atoms with Crippen LogP contribution in [0.5, 0.6) is 0 Å². The first-order valence-electron chi connectivity index (χ1n) is 7.88. The molecular weight excluding hydrogens is 475 g/mol. The highest BCUT2D eigenvalue weighted by atomic mass is 79.9. The number of halogens is 3. The molecule has 0 fully saturated rings. The molecule has 0 aliphatic carbocycles. The largest absolute Gasteiger partial charge is 0.465 e. The van der Waals surface area contributed by atoms with E-state index in [1.165, 1.54) is 11.3 Å². The Hall–Kier alpha value is -1.67. The van der Waals surface area contributed by atoms with Crippen molar-refractivity contribution in [3.8, 4) is 0 Å². The van der Waals surface area contributed by atoms with E-state index >= 15 is 0 Å². The third-order valence-corrected chi connectivity index (χ3v) is 5.93. The van der Waals surface area contributed by atoms with Crippen LogP contribution in [0.2, 0.25) is 10.0 Å². The molecule has 1 aromatic heterocycles. The zero-order valence-electron chi connectivity index (χ0n) is 14.0. The van der Waals surface area contributed by atoms with E-state index in [4.69, 9.17) is 27.9 Å². The predicted molar refractivity (Wildman–Crippen MR) is 111 cm³/mol. The van der Waals surface area contributed by atoms with Gasteiger partial charge < -0.3 is 9.30 Å². The Labute approximate surface area is 177 Å². The molecule has 0 N–H and O–H groups in total. The van der Waals surface area contributed by atoms with E-state index in [-0.39, 0.29) is 13.2 Å². The first kappa shape index (κ1) is 20.1. The Morgan fingerprint density at radius 3 is 2.74 bits per heavy atom. The predicted octanol–water partition coefficient (Wildman–Crippen LogP) is 5.08. The van der Waals surface area contributed by atoms with Crippen LogP contribution in [0.3, 0.4) is 0 Å². The second-order valence-corrected chi connectivity index (χ2v) is 8.12. The SMILES string of the molecule is CCOC(=O)Cn1c(=NC(=O)c2cccc(Br)c2)sc2ccc(Cl)c(Cl)c21. The molecule has 9 heteroatoms. The van der Waals surface area contributed by atoms with Gasteiger partial charge in [0.15, 0.2) is 4.80 Å². The number of fused-ring (bicyclic) bond motifs is 1. The topological polar surface area (TPSA) is 60.7 Å². The summed E-state index contributed by atoms with van der Waals surface area (Å²) < 4.78 is 8.12. The van der Waals surface area contributed by atoms with E-state index in [1.807, 2.05) is 6.07 Å². The van der Waals surface area contributed by atoms with Crippen LogP contribution in [-0.2, 0) is 16.1 Å². The first-order valence-corrected chi connectivity index (χ1v) is 10.2. The third kappa shape index (κ3) is 4.43. The van der Waals surface area contributed by atoms with Crippen LogP contribution >= 0.6 is 50.5 Å². The van der Waals surface area contributed by atoms with Gasteiger partial charge in [-0.15, -0.1) is 0 Å². The Balaban J connectivity index is 2.17. The Kier molecular flexibility index (Phi) is 6.37. The molecule has 2 aromatic carbocycles. The monoisotopic (exact) mass is 486 g/mol. The molecule has 1 heterocycles. The highest BCUT2D eigenvalue weighted by Crippen LogP contribution is 2.32. The van der Waals surface area contributed by atoms with Crippen LogP contribution in [0.15, 0.2) is 45.9 Å². The fourth-order valence-corrected chi connectivity index (χ4v) is 4.35. The average molecular weight is 488 g/mol. The second-order valence-electron chi connectivity index (χ2n) is 5.41. The standard InChI is InChI=1S/C18H13BrCl2N2O3S/c1-2-26-14(24)9-23-16-13(7-6-12(20)15(16)21)27-18(23)22-17(25)10-4-3-5-11(19)8-10/h3-8H,2,9H2,1H3. The van der Waals surface area contributed by atoms with Crippen LogP contribution in [0.4, 0.5) is 0 Å². The van der Waals surface area contributed by atoms with E-state index in [0.717, 1.165) is 9.17 Å². The van der Waals surface area contributed by atoms with Gasteiger partial charge in [-0.2, -0.15) is 4.99 Å². The Morgan fingerprint density at radius 2 is 2.04 bits per heavy atom. The zero-order valence-corrected chi connectivity index (χ0v) is 18.0. The van der Waals surface area contributed by atoms with Gasteiger partial charge in [0.25, 0.3) is 5.91 Å². The molecule has 27 heavy (non-hydrogen) atoms. The Morgan fingerprint density at radius 1 is 1.26 bits per heavy atom. The molecule has 3 rings (SSSR count). The lowest BCUT2D eigenvalue weighted by atomic mass is 10.2. The van der Waals surface area contributed by atoms with E-state index in [1.54, 1.807) is 41.8 Å². The van der Waals surface area contributed by atoms with Crippen LogP contribution in [0.25, 0.3) is 10.2 Å². The molecule has 1 amide bonds. The summed E-state index contributed by atoms with van der Waals surface area (Å²) in [5.74, 6) is -0.882. The molecule has 5 nitrogen and oxygen atoms in total. The number of amides is 1. The summed E-state index contributed by atoms with van der Waals surface area (Å²) in [6.45, 7) is 1.85. The molecular formula is C18H13BrCl2N2O3S. The van der Waals surface area contributed by atoms with E-state index in [2.05, 4.69) is 20.9 Å². The van der Waals surface area contributed by atoms with E-state index in [9.17, 15) is 9.59 Å². The molecule has 0 aliphatic heterocycles. The number of esters is 1. The van der Waals surface area contributed by atoms with Gasteiger partial charge in [0.05, 0.1) is 26.9 Å². The molecule has 0 unspecified atom stereocenters. The van der Waals surface area contributed by atoms with Crippen molar-refractivity contribution in [3.05, 3.63) is 61.3 Å². The number of carbonyl (C=O) groups excluding carboxylic acids is 2. The molecule has 0 bridgehead atoms. The molecule has 0 aliphatic rings. The number of nitrogens with zero attached hydrogens (tertiary/aromatic N) is 2. The van der Waals surface area contributed by atoms with Gasteiger partial charge in [0, 0.05) is 10.0 Å². The van der Waals surface area contributed by atoms with Crippen molar-refractivity contribution in [2.24, 2.45) is 4.99 Å². The lowest BCUT2D eigenvalue weighted by Gasteiger charge is -2.07. The van der Waals surface area contributed by atoms with Crippen molar-refractivity contribution in [1.29, 1.82) is 0 Å². The van der Waals surface area contributed by atoms with Crippen molar-refractivity contribution in [3.63, 3.8) is 0 Å². The molecule has 0 saturated heterocycles. The molecule has 0 atom stereocenters. The molecule has 0 spiro atoms. The van der Waals surface area contributed by atoms with Crippen LogP contribution in [0, 0.1) is 0 Å². The first-order chi connectivity index (χ1) is 12.9. The van der Waals surface area contributed by atoms with Gasteiger partial charge in [-0.3, -0.25) is 9.59 Å². The lowest BCUT2D eigenvalue weighted by molar-refractivity contribution is -0.143. The average Bonchev–Trinajstić information content (AvgIpc) is 2.96. The van der Waals surface area contributed by atoms with Crippen LogP contribution in [-0.4, -0.2) is 23.1 Å². The highest BCUT2D eigenvalue weighted by molar-refractivity contribution is 9.10. The minimum absolute atomic E-state index is 0.126. The van der Waals surface area contributed by atoms with Gasteiger partial charge in [-0.25, -0.2) is 0 Å². The fraction of sp³-hybridized carbons (Fsp3) is 0.167. The van der Waals surface area contributed by atoms with Gasteiger partial charge in [0.1, 0.15) is 6.54 Å². The van der Waals surface area contributed by atoms with Gasteiger partial charge in [-0.1, -0.05) is 56.5 Å². The normalized spacial score (nSPS) is 11.8. The highest BCUT2D eigenvalue weighted by Gasteiger charge is 2.16. The van der Waals surface area contributed by atoms with Crippen LogP contribution < -0.4 is 4.80 Å². The Bertz CT molecular complexity index is 1110. The molecule has 0 radical (unpaired) electrons. The maximum Gasteiger partial charge on any atom is 0.326 e. The number of thiazole rings is 1. The molecule has 3 aromatic rings. The number of rotatable bonds is 4. The van der Waals surface area contributed by atoms with Crippen molar-refractivity contribution in [1.82, 2.24) is 4.57 Å². The lowest BCUT2D eigenvalue weighted by Crippen LogP contribution is -2.23. The number of benzene rings is 2. The molecule has 0 saturated carbocycles. The van der Waals surface area contributed by atoms with Crippen molar-refractivity contribution in [2.45, 2.75) is 13.5 Å². The van der Waals surface area contributed by atoms with Gasteiger partial charge >= 0.3 is 5.97 Å². The summed E-state index contributed by atoms with van der Waals surface area (Å²) in [5, 5.41) is 0.649. The maximum atomic E-state index is 12.6. The smallest absolute Gasteiger partial charge is 0.326 e.